The monoisotopic (exact) mass is 246 g/mol. The van der Waals surface area contributed by atoms with Gasteiger partial charge in [0.15, 0.2) is 12.6 Å². The summed E-state index contributed by atoms with van der Waals surface area (Å²) in [6.45, 7) is 1.52. The molecule has 3 rings (SSSR count). The first-order valence-electron chi connectivity index (χ1n) is 6.10. The van der Waals surface area contributed by atoms with Gasteiger partial charge >= 0.3 is 0 Å². The number of carbonyl (C=O) groups is 2. The van der Waals surface area contributed by atoms with Gasteiger partial charge < -0.3 is 9.47 Å². The molecule has 2 saturated heterocycles. The Balaban J connectivity index is 1.99. The molecule has 0 aliphatic carbocycles. The Labute approximate surface area is 105 Å². The Morgan fingerprint density at radius 3 is 2.28 bits per heavy atom. The second kappa shape index (κ2) is 4.63. The summed E-state index contributed by atoms with van der Waals surface area (Å²) in [5.41, 5.74) is 3.02. The zero-order valence-electron chi connectivity index (χ0n) is 9.93. The molecule has 0 bridgehead atoms. The van der Waals surface area contributed by atoms with E-state index in [1.807, 2.05) is 6.07 Å². The number of aldehydes is 2. The smallest absolute Gasteiger partial charge is 0.151 e. The highest BCUT2D eigenvalue weighted by Crippen LogP contribution is 2.27. The van der Waals surface area contributed by atoms with Crippen LogP contribution in [0.25, 0.3) is 0 Å². The summed E-state index contributed by atoms with van der Waals surface area (Å²) in [5.74, 6) is 0. The number of carbonyl (C=O) groups excluding carboxylic acids is 2. The third-order valence-electron chi connectivity index (χ3n) is 3.42. The summed E-state index contributed by atoms with van der Waals surface area (Å²) in [5, 5.41) is 0. The minimum Gasteiger partial charge on any atom is -0.373 e. The largest absolute Gasteiger partial charge is 0.373 e. The van der Waals surface area contributed by atoms with Gasteiger partial charge in [0.1, 0.15) is 0 Å². The minimum atomic E-state index is 0.199. The first kappa shape index (κ1) is 11.6. The summed E-state index contributed by atoms with van der Waals surface area (Å²) in [4.78, 5) is 22.2. The lowest BCUT2D eigenvalue weighted by Crippen LogP contribution is -2.08. The van der Waals surface area contributed by atoms with Crippen molar-refractivity contribution in [2.75, 3.05) is 13.2 Å². The van der Waals surface area contributed by atoms with Crippen LogP contribution in [0.2, 0.25) is 0 Å². The van der Waals surface area contributed by atoms with Crippen LogP contribution in [0, 0.1) is 0 Å². The molecule has 2 atom stereocenters. The van der Waals surface area contributed by atoms with E-state index in [0.717, 1.165) is 43.3 Å². The van der Waals surface area contributed by atoms with Crippen LogP contribution in [0.1, 0.15) is 31.8 Å². The zero-order chi connectivity index (χ0) is 12.5. The SMILES string of the molecule is O=Cc1ccc(CC2CO2)c(CC2CO2)c1C=O. The average molecular weight is 246 g/mol. The summed E-state index contributed by atoms with van der Waals surface area (Å²) in [6.07, 6.45) is 3.49. The molecule has 94 valence electrons. The highest BCUT2D eigenvalue weighted by atomic mass is 16.6. The molecule has 2 aliphatic rings. The molecule has 4 heteroatoms. The molecule has 18 heavy (non-hydrogen) atoms. The van der Waals surface area contributed by atoms with Crippen LogP contribution in [-0.4, -0.2) is 38.0 Å². The van der Waals surface area contributed by atoms with E-state index in [-0.39, 0.29) is 12.2 Å². The molecule has 2 unspecified atom stereocenters. The molecule has 4 nitrogen and oxygen atoms in total. The lowest BCUT2D eigenvalue weighted by Gasteiger charge is -2.12. The fourth-order valence-electron chi connectivity index (χ4n) is 2.25. The van der Waals surface area contributed by atoms with Crippen molar-refractivity contribution in [2.45, 2.75) is 25.0 Å². The van der Waals surface area contributed by atoms with Crippen LogP contribution < -0.4 is 0 Å². The molecule has 0 N–H and O–H groups in total. The lowest BCUT2D eigenvalue weighted by molar-refractivity contribution is 0.109. The van der Waals surface area contributed by atoms with Crippen LogP contribution >= 0.6 is 0 Å². The molecule has 2 heterocycles. The molecular formula is C14H14O4. The number of ether oxygens (including phenoxy) is 2. The van der Waals surface area contributed by atoms with E-state index in [1.54, 1.807) is 6.07 Å². The second-order valence-electron chi connectivity index (χ2n) is 4.76. The highest BCUT2D eigenvalue weighted by Gasteiger charge is 2.29. The Hall–Kier alpha value is -1.52. The fourth-order valence-corrected chi connectivity index (χ4v) is 2.25. The van der Waals surface area contributed by atoms with Gasteiger partial charge in [-0.1, -0.05) is 12.1 Å². The Morgan fingerprint density at radius 2 is 1.72 bits per heavy atom. The maximum absolute atomic E-state index is 11.2. The predicted octanol–water partition coefficient (Wildman–Crippen LogP) is 1.19. The summed E-state index contributed by atoms with van der Waals surface area (Å²) in [7, 11) is 0. The number of rotatable bonds is 6. The Morgan fingerprint density at radius 1 is 1.06 bits per heavy atom. The van der Waals surface area contributed by atoms with Gasteiger partial charge in [0.05, 0.1) is 25.4 Å². The standard InChI is InChI=1S/C14H14O4/c15-5-10-2-1-9(3-11-7-17-11)13(14(10)6-16)4-12-8-18-12/h1-2,5-6,11-12H,3-4,7-8H2. The van der Waals surface area contributed by atoms with Crippen molar-refractivity contribution in [1.29, 1.82) is 0 Å². The van der Waals surface area contributed by atoms with Gasteiger partial charge in [-0.25, -0.2) is 0 Å². The number of hydrogen-bond acceptors (Lipinski definition) is 4. The minimum absolute atomic E-state index is 0.199. The zero-order valence-corrected chi connectivity index (χ0v) is 9.93. The predicted molar refractivity (Wildman–Crippen MR) is 64.1 cm³/mol. The van der Waals surface area contributed by atoms with Crippen molar-refractivity contribution in [3.05, 3.63) is 34.4 Å². The third kappa shape index (κ3) is 2.35. The maximum Gasteiger partial charge on any atom is 0.151 e. The van der Waals surface area contributed by atoms with Crippen LogP contribution in [0.5, 0.6) is 0 Å². The molecule has 0 radical (unpaired) electrons. The summed E-state index contributed by atoms with van der Waals surface area (Å²) < 4.78 is 10.5. The third-order valence-corrected chi connectivity index (χ3v) is 3.42. The molecule has 0 saturated carbocycles. The Bertz CT molecular complexity index is 487. The van der Waals surface area contributed by atoms with Crippen molar-refractivity contribution in [3.8, 4) is 0 Å². The van der Waals surface area contributed by atoms with Gasteiger partial charge in [-0.15, -0.1) is 0 Å². The summed E-state index contributed by atoms with van der Waals surface area (Å²) >= 11 is 0. The fraction of sp³-hybridized carbons (Fsp3) is 0.429. The Kier molecular flexibility index (Phi) is 2.97. The molecule has 1 aromatic carbocycles. The number of benzene rings is 1. The molecule has 0 amide bonds. The average Bonchev–Trinajstić information content (AvgIpc) is 3.25. The topological polar surface area (TPSA) is 59.2 Å². The number of epoxide rings is 2. The van der Waals surface area contributed by atoms with Crippen LogP contribution in [-0.2, 0) is 22.3 Å². The van der Waals surface area contributed by atoms with Gasteiger partial charge in [-0.2, -0.15) is 0 Å². The van der Waals surface area contributed by atoms with Gasteiger partial charge in [0.2, 0.25) is 0 Å². The highest BCUT2D eigenvalue weighted by molar-refractivity contribution is 5.92. The molecule has 0 aromatic heterocycles. The van der Waals surface area contributed by atoms with Gasteiger partial charge in [0, 0.05) is 24.0 Å². The van der Waals surface area contributed by atoms with Crippen molar-refractivity contribution in [2.24, 2.45) is 0 Å². The lowest BCUT2D eigenvalue weighted by atomic mass is 9.91. The van der Waals surface area contributed by atoms with E-state index in [0.29, 0.717) is 17.5 Å². The van der Waals surface area contributed by atoms with Gasteiger partial charge in [-0.05, 0) is 11.1 Å². The summed E-state index contributed by atoms with van der Waals surface area (Å²) in [6, 6.07) is 3.64. The van der Waals surface area contributed by atoms with E-state index >= 15 is 0 Å². The van der Waals surface area contributed by atoms with Crippen molar-refractivity contribution >= 4 is 12.6 Å². The van der Waals surface area contributed by atoms with E-state index < -0.39 is 0 Å². The second-order valence-corrected chi connectivity index (χ2v) is 4.76. The molecule has 1 aromatic rings. The van der Waals surface area contributed by atoms with Crippen LogP contribution in [0.3, 0.4) is 0 Å². The quantitative estimate of drug-likeness (QED) is 0.559. The molecule has 0 spiro atoms. The van der Waals surface area contributed by atoms with E-state index in [2.05, 4.69) is 0 Å². The number of hydrogen-bond donors (Lipinski definition) is 0. The van der Waals surface area contributed by atoms with Crippen molar-refractivity contribution in [1.82, 2.24) is 0 Å². The molecule has 2 aliphatic heterocycles. The first-order valence-corrected chi connectivity index (χ1v) is 6.10. The van der Waals surface area contributed by atoms with Crippen molar-refractivity contribution < 1.29 is 19.1 Å². The van der Waals surface area contributed by atoms with Gasteiger partial charge in [-0.3, -0.25) is 9.59 Å². The first-order chi connectivity index (χ1) is 8.81. The van der Waals surface area contributed by atoms with Crippen LogP contribution in [0.4, 0.5) is 0 Å². The normalized spacial score (nSPS) is 24.7. The molecular weight excluding hydrogens is 232 g/mol. The van der Waals surface area contributed by atoms with Gasteiger partial charge in [0.25, 0.3) is 0 Å². The van der Waals surface area contributed by atoms with E-state index in [9.17, 15) is 9.59 Å². The van der Waals surface area contributed by atoms with E-state index in [1.165, 1.54) is 0 Å². The van der Waals surface area contributed by atoms with Crippen LogP contribution in [0.15, 0.2) is 12.1 Å². The van der Waals surface area contributed by atoms with E-state index in [4.69, 9.17) is 9.47 Å². The van der Waals surface area contributed by atoms with Crippen molar-refractivity contribution in [3.63, 3.8) is 0 Å². The maximum atomic E-state index is 11.2. The molecule has 2 fully saturated rings.